The first-order chi connectivity index (χ1) is 12.5. The summed E-state index contributed by atoms with van der Waals surface area (Å²) in [5.41, 5.74) is 1.87. The van der Waals surface area contributed by atoms with Crippen molar-refractivity contribution in [3.63, 3.8) is 0 Å². The molecule has 1 fully saturated rings. The molecule has 1 saturated heterocycles. The number of hydrogen-bond acceptors (Lipinski definition) is 4. The van der Waals surface area contributed by atoms with Gasteiger partial charge in [-0.3, -0.25) is 0 Å². The van der Waals surface area contributed by atoms with Crippen molar-refractivity contribution >= 4 is 33.4 Å². The molecule has 1 heterocycles. The fourth-order valence-electron chi connectivity index (χ4n) is 2.82. The van der Waals surface area contributed by atoms with Gasteiger partial charge in [-0.25, -0.2) is 8.42 Å². The summed E-state index contributed by atoms with van der Waals surface area (Å²) in [7, 11) is -1.80. The zero-order valence-corrected chi connectivity index (χ0v) is 16.1. The number of nitrogens with zero attached hydrogens (tertiary/aromatic N) is 2. The van der Waals surface area contributed by atoms with Crippen LogP contribution in [0.4, 0.5) is 5.69 Å². The molecule has 0 saturated carbocycles. The van der Waals surface area contributed by atoms with Gasteiger partial charge in [0.1, 0.15) is 5.75 Å². The highest BCUT2D eigenvalue weighted by Crippen LogP contribution is 2.21. The maximum atomic E-state index is 12.5. The summed E-state index contributed by atoms with van der Waals surface area (Å²) in [6, 6.07) is 14.8. The minimum atomic E-state index is -3.43. The van der Waals surface area contributed by atoms with Crippen LogP contribution in [0.5, 0.6) is 5.75 Å². The third kappa shape index (κ3) is 4.58. The number of anilines is 1. The molecule has 2 aromatic rings. The molecule has 0 atom stereocenters. The fourth-order valence-corrected chi connectivity index (χ4v) is 4.12. The van der Waals surface area contributed by atoms with Crippen molar-refractivity contribution in [2.45, 2.75) is 0 Å². The number of sulfonamides is 1. The summed E-state index contributed by atoms with van der Waals surface area (Å²) < 4.78 is 31.7. The van der Waals surface area contributed by atoms with E-state index >= 15 is 0 Å². The molecular weight excluding hydrogens is 372 g/mol. The van der Waals surface area contributed by atoms with E-state index in [0.29, 0.717) is 31.2 Å². The molecule has 1 aliphatic rings. The van der Waals surface area contributed by atoms with E-state index in [-0.39, 0.29) is 0 Å². The highest BCUT2D eigenvalue weighted by Gasteiger charge is 2.25. The van der Waals surface area contributed by atoms with E-state index in [2.05, 4.69) is 4.90 Å². The van der Waals surface area contributed by atoms with Gasteiger partial charge in [0.05, 0.1) is 7.11 Å². The summed E-state index contributed by atoms with van der Waals surface area (Å²) in [5, 5.41) is 1.89. The van der Waals surface area contributed by atoms with Crippen LogP contribution in [0.15, 0.2) is 53.9 Å². The van der Waals surface area contributed by atoms with E-state index in [1.807, 2.05) is 24.3 Å². The molecule has 0 unspecified atom stereocenters. The normalized spacial score (nSPS) is 16.2. The summed E-state index contributed by atoms with van der Waals surface area (Å²) in [6.45, 7) is 2.22. The summed E-state index contributed by atoms with van der Waals surface area (Å²) in [4.78, 5) is 2.17. The lowest BCUT2D eigenvalue weighted by Gasteiger charge is -2.34. The lowest BCUT2D eigenvalue weighted by molar-refractivity contribution is 0.389. The number of methoxy groups -OCH3 is 1. The highest BCUT2D eigenvalue weighted by atomic mass is 35.5. The van der Waals surface area contributed by atoms with Crippen LogP contribution in [-0.2, 0) is 10.0 Å². The molecule has 0 bridgehead atoms. The fraction of sp³-hybridized carbons (Fsp3) is 0.263. The molecule has 0 aliphatic carbocycles. The van der Waals surface area contributed by atoms with Gasteiger partial charge in [-0.2, -0.15) is 4.31 Å². The third-order valence-electron chi connectivity index (χ3n) is 4.34. The molecule has 2 aromatic carbocycles. The standard InChI is InChI=1S/C19H21ClN2O3S/c1-25-19-8-6-18(7-9-19)21-11-13-22(14-12-21)26(23,24)15-10-16-2-4-17(20)5-3-16/h2-10,15H,11-14H2,1H3. The van der Waals surface area contributed by atoms with E-state index in [4.69, 9.17) is 16.3 Å². The van der Waals surface area contributed by atoms with Gasteiger partial charge < -0.3 is 9.64 Å². The lowest BCUT2D eigenvalue weighted by Crippen LogP contribution is -2.48. The molecule has 0 radical (unpaired) electrons. The van der Waals surface area contributed by atoms with Crippen molar-refractivity contribution in [2.24, 2.45) is 0 Å². The molecule has 0 aromatic heterocycles. The smallest absolute Gasteiger partial charge is 0.236 e. The van der Waals surface area contributed by atoms with Crippen LogP contribution in [0.3, 0.4) is 0 Å². The van der Waals surface area contributed by atoms with Gasteiger partial charge >= 0.3 is 0 Å². The largest absolute Gasteiger partial charge is 0.497 e. The Balaban J connectivity index is 1.61. The maximum Gasteiger partial charge on any atom is 0.236 e. The molecule has 1 aliphatic heterocycles. The first-order valence-electron chi connectivity index (χ1n) is 8.31. The Hall–Kier alpha value is -2.02. The maximum absolute atomic E-state index is 12.5. The zero-order chi connectivity index (χ0) is 18.6. The molecule has 3 rings (SSSR count). The van der Waals surface area contributed by atoms with Gasteiger partial charge in [0, 0.05) is 42.3 Å². The van der Waals surface area contributed by atoms with E-state index in [0.717, 1.165) is 17.0 Å². The number of halogens is 1. The third-order valence-corrected chi connectivity index (χ3v) is 6.16. The van der Waals surface area contributed by atoms with Gasteiger partial charge in [0.2, 0.25) is 10.0 Å². The zero-order valence-electron chi connectivity index (χ0n) is 14.5. The Morgan fingerprint density at radius 1 is 0.962 bits per heavy atom. The molecular formula is C19H21ClN2O3S. The Kier molecular flexibility index (Phi) is 5.86. The number of piperazine rings is 1. The molecule has 26 heavy (non-hydrogen) atoms. The summed E-state index contributed by atoms with van der Waals surface area (Å²) in [6.07, 6.45) is 1.60. The van der Waals surface area contributed by atoms with Crippen molar-refractivity contribution in [3.8, 4) is 5.75 Å². The Labute approximate surface area is 159 Å². The van der Waals surface area contributed by atoms with Gasteiger partial charge in [-0.1, -0.05) is 23.7 Å². The van der Waals surface area contributed by atoms with Gasteiger partial charge in [-0.15, -0.1) is 0 Å². The molecule has 138 valence electrons. The van der Waals surface area contributed by atoms with Crippen LogP contribution in [0.2, 0.25) is 5.02 Å². The lowest BCUT2D eigenvalue weighted by atomic mass is 10.2. The van der Waals surface area contributed by atoms with E-state index in [1.54, 1.807) is 37.5 Å². The van der Waals surface area contributed by atoms with Crippen LogP contribution < -0.4 is 9.64 Å². The second kappa shape index (κ2) is 8.12. The monoisotopic (exact) mass is 392 g/mol. The minimum absolute atomic E-state index is 0.458. The highest BCUT2D eigenvalue weighted by molar-refractivity contribution is 7.92. The SMILES string of the molecule is COc1ccc(N2CCN(S(=O)(=O)C=Cc3ccc(Cl)cc3)CC2)cc1. The number of rotatable bonds is 5. The summed E-state index contributed by atoms with van der Waals surface area (Å²) >= 11 is 5.84. The first-order valence-corrected chi connectivity index (χ1v) is 10.2. The average molecular weight is 393 g/mol. The quantitative estimate of drug-likeness (QED) is 0.781. The van der Waals surface area contributed by atoms with Gasteiger partial charge in [0.25, 0.3) is 0 Å². The van der Waals surface area contributed by atoms with E-state index < -0.39 is 10.0 Å². The van der Waals surface area contributed by atoms with Crippen LogP contribution in [0, 0.1) is 0 Å². The molecule has 0 amide bonds. The van der Waals surface area contributed by atoms with Crippen molar-refractivity contribution in [1.29, 1.82) is 0 Å². The van der Waals surface area contributed by atoms with E-state index in [9.17, 15) is 8.42 Å². The van der Waals surface area contributed by atoms with Crippen LogP contribution >= 0.6 is 11.6 Å². The minimum Gasteiger partial charge on any atom is -0.497 e. The first kappa shape index (κ1) is 18.8. The van der Waals surface area contributed by atoms with Crippen molar-refractivity contribution in [3.05, 3.63) is 64.5 Å². The number of ether oxygens (including phenoxy) is 1. The second-order valence-electron chi connectivity index (χ2n) is 5.98. The van der Waals surface area contributed by atoms with Crippen LogP contribution in [0.25, 0.3) is 6.08 Å². The molecule has 7 heteroatoms. The van der Waals surface area contributed by atoms with Gasteiger partial charge in [0.15, 0.2) is 0 Å². The predicted octanol–water partition coefficient (Wildman–Crippen LogP) is 3.47. The Morgan fingerprint density at radius 2 is 1.58 bits per heavy atom. The number of benzene rings is 2. The second-order valence-corrected chi connectivity index (χ2v) is 8.24. The topological polar surface area (TPSA) is 49.9 Å². The van der Waals surface area contributed by atoms with Crippen molar-refractivity contribution in [2.75, 3.05) is 38.2 Å². The van der Waals surface area contributed by atoms with Crippen LogP contribution in [-0.4, -0.2) is 46.0 Å². The van der Waals surface area contributed by atoms with E-state index in [1.165, 1.54) is 9.71 Å². The number of hydrogen-bond donors (Lipinski definition) is 0. The molecule has 0 N–H and O–H groups in total. The van der Waals surface area contributed by atoms with Gasteiger partial charge in [-0.05, 0) is 48.0 Å². The Morgan fingerprint density at radius 3 is 2.15 bits per heavy atom. The summed E-state index contributed by atoms with van der Waals surface area (Å²) in [5.74, 6) is 0.808. The molecule has 5 nitrogen and oxygen atoms in total. The van der Waals surface area contributed by atoms with Crippen molar-refractivity contribution in [1.82, 2.24) is 4.31 Å². The van der Waals surface area contributed by atoms with Crippen molar-refractivity contribution < 1.29 is 13.2 Å². The van der Waals surface area contributed by atoms with Crippen LogP contribution in [0.1, 0.15) is 5.56 Å². The average Bonchev–Trinajstić information content (AvgIpc) is 2.68. The predicted molar refractivity (Wildman–Crippen MR) is 106 cm³/mol. The molecule has 0 spiro atoms. The Bertz CT molecular complexity index is 857.